The van der Waals surface area contributed by atoms with Crippen LogP contribution in [0.2, 0.25) is 0 Å². The van der Waals surface area contributed by atoms with Crippen LogP contribution in [-0.2, 0) is 16.2 Å². The number of halogens is 3. The summed E-state index contributed by atoms with van der Waals surface area (Å²) >= 11 is 15.6. The fourth-order valence-electron chi connectivity index (χ4n) is 3.36. The topological polar surface area (TPSA) is 67.9 Å². The Kier molecular flexibility index (Phi) is 8.05. The maximum atomic E-state index is 13.2. The van der Waals surface area contributed by atoms with Crippen LogP contribution in [0.5, 0.6) is 11.5 Å². The number of amides is 2. The van der Waals surface area contributed by atoms with Crippen LogP contribution >= 0.6 is 60.0 Å². The summed E-state index contributed by atoms with van der Waals surface area (Å²) in [5.41, 5.74) is 2.06. The summed E-state index contributed by atoms with van der Waals surface area (Å²) in [4.78, 5) is 27.1. The second-order valence-electron chi connectivity index (χ2n) is 7.37. The van der Waals surface area contributed by atoms with Crippen LogP contribution in [0, 0.1) is 0 Å². The highest BCUT2D eigenvalue weighted by atomic mass is 79.9. The molecule has 1 heterocycles. The van der Waals surface area contributed by atoms with E-state index in [-0.39, 0.29) is 10.7 Å². The van der Waals surface area contributed by atoms with Gasteiger partial charge in [-0.1, -0.05) is 66.0 Å². The zero-order valence-corrected chi connectivity index (χ0v) is 23.8. The molecule has 2 amide bonds. The summed E-state index contributed by atoms with van der Waals surface area (Å²) in [6, 6.07) is 18.1. The summed E-state index contributed by atoms with van der Waals surface area (Å²) in [5, 5.41) is 2.61. The number of methoxy groups -OCH3 is 1. The fraction of sp³-hybridized carbons (Fsp3) is 0.0800. The third kappa shape index (κ3) is 5.83. The Morgan fingerprint density at radius 3 is 2.46 bits per heavy atom. The molecule has 4 rings (SSSR count). The van der Waals surface area contributed by atoms with Crippen LogP contribution in [0.15, 0.2) is 79.7 Å². The molecule has 3 aromatic rings. The average molecular weight is 681 g/mol. The summed E-state index contributed by atoms with van der Waals surface area (Å²) < 4.78 is 14.1. The molecule has 178 valence electrons. The van der Waals surface area contributed by atoms with Crippen molar-refractivity contribution in [2.24, 2.45) is 0 Å². The molecule has 0 atom stereocenters. The number of ether oxygens (including phenoxy) is 2. The molecule has 10 heteroatoms. The minimum absolute atomic E-state index is 0.0238. The van der Waals surface area contributed by atoms with Gasteiger partial charge in [-0.05, 0) is 66.3 Å². The molecule has 0 aliphatic carbocycles. The Bertz CT molecular complexity index is 1380. The summed E-state index contributed by atoms with van der Waals surface area (Å²) in [6.45, 7) is 0.324. The fourth-order valence-corrected chi connectivity index (χ4v) is 5.19. The molecule has 0 bridgehead atoms. The zero-order valence-electron chi connectivity index (χ0n) is 18.2. The third-order valence-electron chi connectivity index (χ3n) is 5.07. The van der Waals surface area contributed by atoms with Crippen molar-refractivity contribution in [1.82, 2.24) is 5.32 Å². The van der Waals surface area contributed by atoms with E-state index < -0.39 is 11.8 Å². The van der Waals surface area contributed by atoms with E-state index in [9.17, 15) is 9.59 Å². The number of hydrogen-bond donors (Lipinski definition) is 1. The number of anilines is 1. The van der Waals surface area contributed by atoms with Crippen LogP contribution in [0.1, 0.15) is 11.1 Å². The van der Waals surface area contributed by atoms with Gasteiger partial charge in [0.25, 0.3) is 11.8 Å². The van der Waals surface area contributed by atoms with Crippen molar-refractivity contribution >= 4 is 88.7 Å². The van der Waals surface area contributed by atoms with Gasteiger partial charge in [0.15, 0.2) is 16.6 Å². The Morgan fingerprint density at radius 1 is 0.971 bits per heavy atom. The monoisotopic (exact) mass is 678 g/mol. The first-order valence-electron chi connectivity index (χ1n) is 10.2. The van der Waals surface area contributed by atoms with Gasteiger partial charge in [-0.15, -0.1) is 0 Å². The second-order valence-corrected chi connectivity index (χ2v) is 10.4. The minimum Gasteiger partial charge on any atom is -0.493 e. The average Bonchev–Trinajstić information content (AvgIpc) is 2.81. The van der Waals surface area contributed by atoms with Gasteiger partial charge in [0.05, 0.1) is 12.8 Å². The third-order valence-corrected chi connectivity index (χ3v) is 7.07. The van der Waals surface area contributed by atoms with Crippen molar-refractivity contribution in [1.29, 1.82) is 0 Å². The molecule has 0 spiro atoms. The Labute approximate surface area is 232 Å². The van der Waals surface area contributed by atoms with Crippen LogP contribution in [-0.4, -0.2) is 24.0 Å². The van der Waals surface area contributed by atoms with Crippen molar-refractivity contribution in [2.75, 3.05) is 12.0 Å². The number of rotatable bonds is 6. The number of nitrogens with one attached hydrogen (secondary N) is 1. The van der Waals surface area contributed by atoms with Crippen molar-refractivity contribution < 1.29 is 19.1 Å². The number of carbonyl (C=O) groups is 2. The number of hydrogen-bond acceptors (Lipinski definition) is 5. The second kappa shape index (κ2) is 11.0. The molecule has 3 aromatic carbocycles. The van der Waals surface area contributed by atoms with Crippen molar-refractivity contribution in [3.05, 3.63) is 90.8 Å². The molecule has 1 N–H and O–H groups in total. The molecule has 0 radical (unpaired) electrons. The summed E-state index contributed by atoms with van der Waals surface area (Å²) in [6.07, 6.45) is 1.50. The van der Waals surface area contributed by atoms with Gasteiger partial charge in [0, 0.05) is 19.0 Å². The summed E-state index contributed by atoms with van der Waals surface area (Å²) in [5.74, 6) is -0.0849. The molecule has 6 nitrogen and oxygen atoms in total. The van der Waals surface area contributed by atoms with E-state index in [0.717, 1.165) is 19.0 Å². The molecule has 1 aliphatic heterocycles. The molecule has 1 aliphatic rings. The van der Waals surface area contributed by atoms with E-state index in [2.05, 4.69) is 53.1 Å². The smallest absolute Gasteiger partial charge is 0.270 e. The molecule has 35 heavy (non-hydrogen) atoms. The summed E-state index contributed by atoms with van der Waals surface area (Å²) in [7, 11) is 1.53. The van der Waals surface area contributed by atoms with Gasteiger partial charge in [-0.2, -0.15) is 0 Å². The highest BCUT2D eigenvalue weighted by Crippen LogP contribution is 2.32. The first-order valence-corrected chi connectivity index (χ1v) is 13.0. The van der Waals surface area contributed by atoms with Gasteiger partial charge in [0.2, 0.25) is 0 Å². The quantitative estimate of drug-likeness (QED) is 0.186. The first-order chi connectivity index (χ1) is 16.8. The predicted octanol–water partition coefficient (Wildman–Crippen LogP) is 6.39. The molecular weight excluding hydrogens is 664 g/mol. The maximum Gasteiger partial charge on any atom is 0.270 e. The lowest BCUT2D eigenvalue weighted by atomic mass is 10.1. The van der Waals surface area contributed by atoms with Crippen LogP contribution in [0.3, 0.4) is 0 Å². The van der Waals surface area contributed by atoms with Gasteiger partial charge >= 0.3 is 0 Å². The molecule has 1 saturated heterocycles. The van der Waals surface area contributed by atoms with Gasteiger partial charge in [-0.25, -0.2) is 0 Å². The normalized spacial score (nSPS) is 14.8. The minimum atomic E-state index is -0.564. The zero-order chi connectivity index (χ0) is 25.1. The van der Waals surface area contributed by atoms with E-state index >= 15 is 0 Å². The molecule has 0 aromatic heterocycles. The highest BCUT2D eigenvalue weighted by molar-refractivity contribution is 9.11. The van der Waals surface area contributed by atoms with E-state index in [1.807, 2.05) is 24.3 Å². The van der Waals surface area contributed by atoms with Crippen molar-refractivity contribution in [2.45, 2.75) is 6.61 Å². The van der Waals surface area contributed by atoms with Gasteiger partial charge in [0.1, 0.15) is 12.2 Å². The van der Waals surface area contributed by atoms with E-state index in [1.54, 1.807) is 36.4 Å². The lowest BCUT2D eigenvalue weighted by molar-refractivity contribution is -0.122. The number of benzene rings is 3. The Hall–Kier alpha value is -2.53. The lowest BCUT2D eigenvalue weighted by Crippen LogP contribution is -2.54. The highest BCUT2D eigenvalue weighted by Gasteiger charge is 2.34. The first kappa shape index (κ1) is 25.6. The number of nitrogens with zero attached hydrogens (tertiary/aromatic N) is 1. The maximum absolute atomic E-state index is 13.2. The van der Waals surface area contributed by atoms with Crippen molar-refractivity contribution in [3.63, 3.8) is 0 Å². The SMILES string of the molecule is COc1cc(/C=C2\C(=O)NC(=S)N(c3cccc(Br)c3)C2=O)ccc1OCc1ccc(Br)cc1Br. The predicted molar refractivity (Wildman–Crippen MR) is 150 cm³/mol. The van der Waals surface area contributed by atoms with E-state index in [0.29, 0.717) is 29.4 Å². The Balaban J connectivity index is 1.59. The lowest BCUT2D eigenvalue weighted by Gasteiger charge is -2.29. The largest absolute Gasteiger partial charge is 0.493 e. The standard InChI is InChI=1S/C25H17Br3N2O4S/c1-33-22-10-14(5-8-21(22)34-13-15-6-7-17(27)12-20(15)28)9-19-23(31)29-25(35)30(24(19)32)18-4-2-3-16(26)11-18/h2-12H,13H2,1H3,(H,29,31,35)/b19-9+. The van der Waals surface area contributed by atoms with Gasteiger partial charge in [-0.3, -0.25) is 19.8 Å². The number of carbonyl (C=O) groups excluding carboxylic acids is 2. The van der Waals surface area contributed by atoms with Crippen LogP contribution in [0.4, 0.5) is 5.69 Å². The van der Waals surface area contributed by atoms with Crippen molar-refractivity contribution in [3.8, 4) is 11.5 Å². The van der Waals surface area contributed by atoms with Crippen LogP contribution < -0.4 is 19.7 Å². The van der Waals surface area contributed by atoms with E-state index in [1.165, 1.54) is 18.1 Å². The molecule has 0 saturated carbocycles. The molecule has 1 fully saturated rings. The molecular formula is C25H17Br3N2O4S. The van der Waals surface area contributed by atoms with Gasteiger partial charge < -0.3 is 9.47 Å². The van der Waals surface area contributed by atoms with E-state index in [4.69, 9.17) is 21.7 Å². The number of thiocarbonyl (C=S) groups is 1. The van der Waals surface area contributed by atoms with Crippen LogP contribution in [0.25, 0.3) is 6.08 Å². The molecule has 0 unspecified atom stereocenters. The Morgan fingerprint density at radius 2 is 1.74 bits per heavy atom.